The van der Waals surface area contributed by atoms with Gasteiger partial charge in [0.25, 0.3) is 0 Å². The molecule has 5 rings (SSSR count). The number of aryl methyl sites for hydroxylation is 1. The highest BCUT2D eigenvalue weighted by molar-refractivity contribution is 6.33. The lowest BCUT2D eigenvalue weighted by atomic mass is 10.0. The molecule has 0 amide bonds. The second-order valence-electron chi connectivity index (χ2n) is 7.50. The summed E-state index contributed by atoms with van der Waals surface area (Å²) in [5, 5.41) is 1.58. The maximum absolute atomic E-state index is 12.5. The predicted octanol–water partition coefficient (Wildman–Crippen LogP) is 3.43. The first-order valence-corrected chi connectivity index (χ1v) is 9.83. The van der Waals surface area contributed by atoms with Gasteiger partial charge in [-0.25, -0.2) is 4.79 Å². The number of hydrogen-bond acceptors (Lipinski definition) is 3. The van der Waals surface area contributed by atoms with E-state index >= 15 is 0 Å². The molecule has 27 heavy (non-hydrogen) atoms. The summed E-state index contributed by atoms with van der Waals surface area (Å²) in [6.45, 7) is 3.44. The lowest BCUT2D eigenvalue weighted by Crippen LogP contribution is -3.12. The van der Waals surface area contributed by atoms with Crippen molar-refractivity contribution >= 4 is 22.6 Å². The average molecular weight is 383 g/mol. The number of halogens is 1. The summed E-state index contributed by atoms with van der Waals surface area (Å²) in [5.41, 5.74) is 4.54. The Hall–Kier alpha value is -2.30. The van der Waals surface area contributed by atoms with Crippen LogP contribution in [0.4, 0.5) is 0 Å². The van der Waals surface area contributed by atoms with Gasteiger partial charge in [-0.15, -0.1) is 0 Å². The molecule has 0 spiro atoms. The minimum atomic E-state index is -0.206. The molecule has 138 valence electrons. The van der Waals surface area contributed by atoms with Crippen LogP contribution in [0.1, 0.15) is 41.6 Å². The van der Waals surface area contributed by atoms with E-state index in [2.05, 4.69) is 31.2 Å². The Balaban J connectivity index is 1.63. The van der Waals surface area contributed by atoms with E-state index in [1.54, 1.807) is 0 Å². The van der Waals surface area contributed by atoms with Crippen LogP contribution in [-0.4, -0.2) is 6.73 Å². The number of hydrogen-bond donors (Lipinski definition) is 1. The van der Waals surface area contributed by atoms with E-state index < -0.39 is 0 Å². The van der Waals surface area contributed by atoms with Crippen LogP contribution in [0.5, 0.6) is 5.75 Å². The molecule has 2 aliphatic rings. The van der Waals surface area contributed by atoms with Crippen LogP contribution in [0.15, 0.2) is 45.6 Å². The fourth-order valence-electron chi connectivity index (χ4n) is 4.44. The quantitative estimate of drug-likeness (QED) is 0.690. The molecule has 1 unspecified atom stereocenters. The minimum absolute atomic E-state index is 0.206. The van der Waals surface area contributed by atoms with Crippen molar-refractivity contribution < 1.29 is 14.1 Å². The Bertz CT molecular complexity index is 1090. The van der Waals surface area contributed by atoms with E-state index in [9.17, 15) is 4.79 Å². The van der Waals surface area contributed by atoms with E-state index in [1.165, 1.54) is 10.5 Å². The first kappa shape index (κ1) is 16.8. The van der Waals surface area contributed by atoms with Crippen LogP contribution >= 0.6 is 11.6 Å². The third-order valence-electron chi connectivity index (χ3n) is 5.98. The Kier molecular flexibility index (Phi) is 3.99. The molecule has 0 saturated carbocycles. The number of rotatable bonds is 2. The summed E-state index contributed by atoms with van der Waals surface area (Å²) in [6, 6.07) is 12.6. The third-order valence-corrected chi connectivity index (χ3v) is 6.26. The largest absolute Gasteiger partial charge is 0.443 e. The van der Waals surface area contributed by atoms with Crippen molar-refractivity contribution in [3.63, 3.8) is 0 Å². The molecule has 1 N–H and O–H groups in total. The third kappa shape index (κ3) is 2.67. The zero-order valence-corrected chi connectivity index (χ0v) is 15.9. The van der Waals surface area contributed by atoms with Crippen molar-refractivity contribution in [1.82, 2.24) is 0 Å². The van der Waals surface area contributed by atoms with Crippen LogP contribution in [0.25, 0.3) is 11.0 Å². The van der Waals surface area contributed by atoms with Gasteiger partial charge in [-0.05, 0) is 37.8 Å². The van der Waals surface area contributed by atoms with Gasteiger partial charge in [-0.1, -0.05) is 41.9 Å². The Labute approximate surface area is 162 Å². The van der Waals surface area contributed by atoms with E-state index in [0.717, 1.165) is 41.3 Å². The monoisotopic (exact) mass is 382 g/mol. The predicted molar refractivity (Wildman–Crippen MR) is 105 cm³/mol. The second kappa shape index (κ2) is 6.39. The van der Waals surface area contributed by atoms with Crippen LogP contribution in [-0.2, 0) is 19.4 Å². The first-order chi connectivity index (χ1) is 13.1. The highest BCUT2D eigenvalue weighted by Gasteiger charge is 2.32. The molecule has 2 heterocycles. The lowest BCUT2D eigenvalue weighted by molar-refractivity contribution is -0.960. The normalized spacial score (nSPS) is 19.4. The van der Waals surface area contributed by atoms with Crippen LogP contribution in [0.3, 0.4) is 0 Å². The molecule has 3 aromatic rings. The molecule has 5 heteroatoms. The lowest BCUT2D eigenvalue weighted by Gasteiger charge is -2.31. The first-order valence-electron chi connectivity index (χ1n) is 9.45. The number of nitrogens with one attached hydrogen (secondary N) is 1. The average Bonchev–Trinajstić information content (AvgIpc) is 3.20. The minimum Gasteiger partial charge on any atom is -0.443 e. The van der Waals surface area contributed by atoms with Crippen LogP contribution in [0, 0.1) is 0 Å². The van der Waals surface area contributed by atoms with Gasteiger partial charge in [0.05, 0.1) is 10.6 Å². The number of benzene rings is 2. The van der Waals surface area contributed by atoms with Crippen molar-refractivity contribution in [2.45, 2.75) is 38.8 Å². The molecule has 0 radical (unpaired) electrons. The number of quaternary nitrogens is 1. The maximum Gasteiger partial charge on any atom is 0.339 e. The van der Waals surface area contributed by atoms with Gasteiger partial charge in [0, 0.05) is 16.5 Å². The molecule has 4 nitrogen and oxygen atoms in total. The van der Waals surface area contributed by atoms with Crippen LogP contribution in [0.2, 0.25) is 5.02 Å². The van der Waals surface area contributed by atoms with Gasteiger partial charge in [0.15, 0.2) is 11.3 Å². The molecule has 0 saturated heterocycles. The van der Waals surface area contributed by atoms with Gasteiger partial charge in [0.2, 0.25) is 6.73 Å². The van der Waals surface area contributed by atoms with Gasteiger partial charge in [-0.2, -0.15) is 0 Å². The van der Waals surface area contributed by atoms with E-state index in [1.807, 2.05) is 12.1 Å². The van der Waals surface area contributed by atoms with Crippen LogP contribution < -0.4 is 15.3 Å². The smallest absolute Gasteiger partial charge is 0.339 e. The van der Waals surface area contributed by atoms with Gasteiger partial charge in [0.1, 0.15) is 12.6 Å². The Morgan fingerprint density at radius 2 is 1.89 bits per heavy atom. The molecule has 1 aliphatic carbocycles. The molecule has 0 bridgehead atoms. The van der Waals surface area contributed by atoms with Crippen molar-refractivity contribution in [2.75, 3.05) is 6.73 Å². The fraction of sp³-hybridized carbons (Fsp3) is 0.318. The fourth-order valence-corrected chi connectivity index (χ4v) is 4.72. The molecule has 2 atom stereocenters. The summed E-state index contributed by atoms with van der Waals surface area (Å²) in [6.07, 6.45) is 2.69. The molecule has 2 aromatic carbocycles. The summed E-state index contributed by atoms with van der Waals surface area (Å²) >= 11 is 6.55. The summed E-state index contributed by atoms with van der Waals surface area (Å²) < 4.78 is 11.8. The summed E-state index contributed by atoms with van der Waals surface area (Å²) in [4.78, 5) is 13.7. The van der Waals surface area contributed by atoms with Gasteiger partial charge >= 0.3 is 5.63 Å². The summed E-state index contributed by atoms with van der Waals surface area (Å²) in [5.74, 6) is 0.661. The summed E-state index contributed by atoms with van der Waals surface area (Å²) in [7, 11) is 0. The van der Waals surface area contributed by atoms with E-state index in [0.29, 0.717) is 29.6 Å². The number of ether oxygens (including phenoxy) is 1. The van der Waals surface area contributed by atoms with Crippen molar-refractivity contribution in [1.29, 1.82) is 0 Å². The van der Waals surface area contributed by atoms with Crippen molar-refractivity contribution in [3.8, 4) is 5.75 Å². The topological polar surface area (TPSA) is 43.9 Å². The highest BCUT2D eigenvalue weighted by Crippen LogP contribution is 2.39. The zero-order valence-electron chi connectivity index (χ0n) is 15.2. The van der Waals surface area contributed by atoms with Crippen molar-refractivity contribution in [2.24, 2.45) is 0 Å². The van der Waals surface area contributed by atoms with Gasteiger partial charge < -0.3 is 9.15 Å². The Morgan fingerprint density at radius 1 is 1.11 bits per heavy atom. The standard InChI is InChI=1S/C22H20ClNO3/c1-13(14-6-3-2-4-7-14)24-11-18-20-17(10-19(23)21(18)26-12-24)15-8-5-9-16(15)22(25)27-20/h2-4,6-7,10,13H,5,8-9,11-12H2,1H3/p+1/t13-/m1/s1. The van der Waals surface area contributed by atoms with E-state index in [-0.39, 0.29) is 11.7 Å². The molecular weight excluding hydrogens is 362 g/mol. The molecule has 0 fully saturated rings. The van der Waals surface area contributed by atoms with Gasteiger partial charge in [-0.3, -0.25) is 4.90 Å². The second-order valence-corrected chi connectivity index (χ2v) is 7.91. The maximum atomic E-state index is 12.5. The molecule has 1 aromatic heterocycles. The zero-order chi connectivity index (χ0) is 18.5. The SMILES string of the molecule is C[C@H](c1ccccc1)[NH+]1COc2c(Cl)cc3c4c(c(=O)oc3c2C1)CCC4. The molecular formula is C22H21ClNO3+. The Morgan fingerprint density at radius 3 is 2.70 bits per heavy atom. The molecule has 1 aliphatic heterocycles. The van der Waals surface area contributed by atoms with E-state index in [4.69, 9.17) is 20.8 Å². The van der Waals surface area contributed by atoms with Crippen molar-refractivity contribution in [3.05, 3.63) is 74.1 Å². The number of fused-ring (bicyclic) bond motifs is 5. The highest BCUT2D eigenvalue weighted by atomic mass is 35.5.